The molecule has 0 atom stereocenters. The fraction of sp³-hybridized carbons (Fsp3) is 0.409. The molecule has 0 aliphatic carbocycles. The highest BCUT2D eigenvalue weighted by molar-refractivity contribution is 5.92. The molecule has 5 nitrogen and oxygen atoms in total. The molecule has 0 saturated carbocycles. The fourth-order valence-electron chi connectivity index (χ4n) is 2.93. The summed E-state index contributed by atoms with van der Waals surface area (Å²) in [4.78, 5) is 12.2. The topological polar surface area (TPSA) is 56.8 Å². The first-order valence-corrected chi connectivity index (χ1v) is 9.19. The largest absolute Gasteiger partial charge is 0.497 e. The summed E-state index contributed by atoms with van der Waals surface area (Å²) in [5.41, 5.74) is 3.15. The molecule has 0 fully saturated rings. The van der Waals surface area contributed by atoms with Crippen LogP contribution in [0.2, 0.25) is 0 Å². The Balaban J connectivity index is 1.82. The Morgan fingerprint density at radius 1 is 1.04 bits per heavy atom. The molecular weight excluding hydrogens is 342 g/mol. The molecule has 5 heteroatoms. The van der Waals surface area contributed by atoms with Crippen LogP contribution in [0.4, 0.5) is 5.69 Å². The van der Waals surface area contributed by atoms with Crippen molar-refractivity contribution in [1.29, 1.82) is 0 Å². The van der Waals surface area contributed by atoms with Crippen molar-refractivity contribution in [3.05, 3.63) is 47.5 Å². The third-order valence-electron chi connectivity index (χ3n) is 4.36. The van der Waals surface area contributed by atoms with Gasteiger partial charge in [0.05, 0.1) is 26.5 Å². The first kappa shape index (κ1) is 20.6. The average molecular weight is 371 g/mol. The van der Waals surface area contributed by atoms with E-state index >= 15 is 0 Å². The number of anilines is 1. The smallest absolute Gasteiger partial charge is 0.224 e. The number of amides is 1. The van der Waals surface area contributed by atoms with Gasteiger partial charge in [0.2, 0.25) is 5.91 Å². The highest BCUT2D eigenvalue weighted by Gasteiger charge is 2.09. The first-order valence-electron chi connectivity index (χ1n) is 9.19. The van der Waals surface area contributed by atoms with Gasteiger partial charge >= 0.3 is 0 Å². The highest BCUT2D eigenvalue weighted by atomic mass is 16.5. The number of benzene rings is 2. The number of ether oxygens (including phenoxy) is 3. The normalized spacial score (nSPS) is 10.6. The fourth-order valence-corrected chi connectivity index (χ4v) is 2.93. The molecule has 0 bridgehead atoms. The van der Waals surface area contributed by atoms with Crippen molar-refractivity contribution < 1.29 is 19.0 Å². The second-order valence-corrected chi connectivity index (χ2v) is 6.74. The molecule has 1 amide bonds. The lowest BCUT2D eigenvalue weighted by Crippen LogP contribution is -2.13. The van der Waals surface area contributed by atoms with Crippen molar-refractivity contribution in [2.24, 2.45) is 0 Å². The molecule has 0 radical (unpaired) electrons. The van der Waals surface area contributed by atoms with Gasteiger partial charge in [-0.15, -0.1) is 0 Å². The summed E-state index contributed by atoms with van der Waals surface area (Å²) in [5.74, 6) is 2.51. The van der Waals surface area contributed by atoms with Crippen LogP contribution in [-0.4, -0.2) is 26.7 Å². The summed E-state index contributed by atoms with van der Waals surface area (Å²) in [7, 11) is 3.15. The van der Waals surface area contributed by atoms with E-state index in [1.807, 2.05) is 6.07 Å². The standard InChI is InChI=1S/C22H29NO4/c1-15(2)19-10-8-18(13-16(19)3)27-12-6-7-22(24)23-20-14-17(25-4)9-11-21(20)26-5/h8-11,13-15H,6-7,12H2,1-5H3,(H,23,24). The van der Waals surface area contributed by atoms with E-state index in [-0.39, 0.29) is 5.91 Å². The molecule has 2 aromatic rings. The zero-order chi connectivity index (χ0) is 19.8. The minimum absolute atomic E-state index is 0.0866. The molecular formula is C22H29NO4. The Labute approximate surface area is 161 Å². The van der Waals surface area contributed by atoms with E-state index < -0.39 is 0 Å². The second-order valence-electron chi connectivity index (χ2n) is 6.74. The van der Waals surface area contributed by atoms with Gasteiger partial charge in [-0.3, -0.25) is 4.79 Å². The average Bonchev–Trinajstić information content (AvgIpc) is 2.65. The Kier molecular flexibility index (Phi) is 7.53. The molecule has 0 spiro atoms. The zero-order valence-electron chi connectivity index (χ0n) is 16.8. The van der Waals surface area contributed by atoms with Crippen LogP contribution in [0.25, 0.3) is 0 Å². The maximum Gasteiger partial charge on any atom is 0.224 e. The highest BCUT2D eigenvalue weighted by Crippen LogP contribution is 2.29. The summed E-state index contributed by atoms with van der Waals surface area (Å²) in [6.45, 7) is 6.94. The summed E-state index contributed by atoms with van der Waals surface area (Å²) in [5, 5.41) is 2.86. The molecule has 0 aromatic heterocycles. The molecule has 0 aliphatic heterocycles. The summed E-state index contributed by atoms with van der Waals surface area (Å²) < 4.78 is 16.2. The van der Waals surface area contributed by atoms with E-state index in [2.05, 4.69) is 38.2 Å². The third-order valence-corrected chi connectivity index (χ3v) is 4.36. The van der Waals surface area contributed by atoms with Gasteiger partial charge in [0.15, 0.2) is 0 Å². The predicted molar refractivity (Wildman–Crippen MR) is 108 cm³/mol. The number of carbonyl (C=O) groups is 1. The van der Waals surface area contributed by atoms with E-state index in [0.717, 1.165) is 5.75 Å². The number of carbonyl (C=O) groups excluding carboxylic acids is 1. The molecule has 0 unspecified atom stereocenters. The molecule has 0 saturated heterocycles. The van der Waals surface area contributed by atoms with Gasteiger partial charge < -0.3 is 19.5 Å². The number of hydrogen-bond donors (Lipinski definition) is 1. The van der Waals surface area contributed by atoms with Crippen molar-refractivity contribution in [3.8, 4) is 17.2 Å². The molecule has 0 heterocycles. The number of nitrogens with one attached hydrogen (secondary N) is 1. The van der Waals surface area contributed by atoms with Gasteiger partial charge in [-0.05, 0) is 54.7 Å². The lowest BCUT2D eigenvalue weighted by Gasteiger charge is -2.13. The van der Waals surface area contributed by atoms with Gasteiger partial charge in [0, 0.05) is 12.5 Å². The Hall–Kier alpha value is -2.69. The Bertz CT molecular complexity index is 771. The number of hydrogen-bond acceptors (Lipinski definition) is 4. The zero-order valence-corrected chi connectivity index (χ0v) is 16.8. The SMILES string of the molecule is COc1ccc(OC)c(NC(=O)CCCOc2ccc(C(C)C)c(C)c2)c1. The quantitative estimate of drug-likeness (QED) is 0.635. The van der Waals surface area contributed by atoms with Gasteiger partial charge in [-0.1, -0.05) is 19.9 Å². The van der Waals surface area contributed by atoms with Crippen LogP contribution in [0.15, 0.2) is 36.4 Å². The van der Waals surface area contributed by atoms with E-state index in [1.165, 1.54) is 11.1 Å². The predicted octanol–water partition coefficient (Wildman–Crippen LogP) is 4.93. The van der Waals surface area contributed by atoms with Gasteiger partial charge in [-0.2, -0.15) is 0 Å². The van der Waals surface area contributed by atoms with Crippen LogP contribution < -0.4 is 19.5 Å². The number of methoxy groups -OCH3 is 2. The van der Waals surface area contributed by atoms with Crippen molar-refractivity contribution in [2.45, 2.75) is 39.5 Å². The molecule has 2 aromatic carbocycles. The minimum Gasteiger partial charge on any atom is -0.497 e. The van der Waals surface area contributed by atoms with Crippen LogP contribution in [0.1, 0.15) is 43.7 Å². The summed E-state index contributed by atoms with van der Waals surface area (Å²) >= 11 is 0. The Morgan fingerprint density at radius 3 is 2.41 bits per heavy atom. The van der Waals surface area contributed by atoms with E-state index in [1.54, 1.807) is 32.4 Å². The number of rotatable bonds is 9. The lowest BCUT2D eigenvalue weighted by molar-refractivity contribution is -0.116. The monoisotopic (exact) mass is 371 g/mol. The molecule has 1 N–H and O–H groups in total. The molecule has 27 heavy (non-hydrogen) atoms. The van der Waals surface area contributed by atoms with Crippen molar-refractivity contribution in [3.63, 3.8) is 0 Å². The van der Waals surface area contributed by atoms with Crippen LogP contribution in [0, 0.1) is 6.92 Å². The van der Waals surface area contributed by atoms with E-state index in [9.17, 15) is 4.79 Å². The minimum atomic E-state index is -0.0866. The van der Waals surface area contributed by atoms with Gasteiger partial charge in [-0.25, -0.2) is 0 Å². The molecule has 2 rings (SSSR count). The summed E-state index contributed by atoms with van der Waals surface area (Å²) in [6, 6.07) is 11.4. The molecule has 0 aliphatic rings. The second kappa shape index (κ2) is 9.86. The third kappa shape index (κ3) is 5.91. The van der Waals surface area contributed by atoms with Crippen molar-refractivity contribution in [2.75, 3.05) is 26.1 Å². The van der Waals surface area contributed by atoms with Gasteiger partial charge in [0.1, 0.15) is 17.2 Å². The van der Waals surface area contributed by atoms with Gasteiger partial charge in [0.25, 0.3) is 0 Å². The lowest BCUT2D eigenvalue weighted by atomic mass is 9.98. The maximum absolute atomic E-state index is 12.2. The molecule has 146 valence electrons. The van der Waals surface area contributed by atoms with Crippen LogP contribution >= 0.6 is 0 Å². The van der Waals surface area contributed by atoms with Crippen molar-refractivity contribution >= 4 is 11.6 Å². The van der Waals surface area contributed by atoms with Crippen molar-refractivity contribution in [1.82, 2.24) is 0 Å². The van der Waals surface area contributed by atoms with Crippen LogP contribution in [0.3, 0.4) is 0 Å². The van der Waals surface area contributed by atoms with E-state index in [4.69, 9.17) is 14.2 Å². The first-order chi connectivity index (χ1) is 12.9. The van der Waals surface area contributed by atoms with Crippen LogP contribution in [-0.2, 0) is 4.79 Å². The Morgan fingerprint density at radius 2 is 1.78 bits per heavy atom. The van der Waals surface area contributed by atoms with Crippen LogP contribution in [0.5, 0.6) is 17.2 Å². The van der Waals surface area contributed by atoms with E-state index in [0.29, 0.717) is 42.6 Å². The number of aryl methyl sites for hydroxylation is 1. The summed E-state index contributed by atoms with van der Waals surface area (Å²) in [6.07, 6.45) is 0.993. The maximum atomic E-state index is 12.2.